The van der Waals surface area contributed by atoms with Crippen LogP contribution < -0.4 is 5.32 Å². The first-order chi connectivity index (χ1) is 16.2. The zero-order chi connectivity index (χ0) is 24.3. The van der Waals surface area contributed by atoms with Gasteiger partial charge in [-0.15, -0.1) is 23.1 Å². The van der Waals surface area contributed by atoms with Crippen LogP contribution in [0, 0.1) is 6.92 Å². The van der Waals surface area contributed by atoms with E-state index in [1.54, 1.807) is 29.3 Å². The molecule has 4 rings (SSSR count). The van der Waals surface area contributed by atoms with E-state index in [4.69, 9.17) is 9.72 Å². The van der Waals surface area contributed by atoms with Crippen LogP contribution in [-0.2, 0) is 4.74 Å². The van der Waals surface area contributed by atoms with E-state index in [1.165, 1.54) is 10.5 Å². The van der Waals surface area contributed by atoms with Crippen molar-refractivity contribution in [2.75, 3.05) is 11.6 Å². The number of hydrogen-bond donors (Lipinski definition) is 1. The number of nitrogens with one attached hydrogen (secondary N) is 1. The van der Waals surface area contributed by atoms with Crippen molar-refractivity contribution in [2.45, 2.75) is 38.2 Å². The fourth-order valence-corrected chi connectivity index (χ4v) is 4.91. The fraction of sp³-hybridized carbons (Fsp3) is 0.222. The number of thioether (sulfide) groups is 1. The van der Waals surface area contributed by atoms with Crippen LogP contribution in [0.5, 0.6) is 0 Å². The average Bonchev–Trinajstić information content (AvgIpc) is 3.24. The van der Waals surface area contributed by atoms with Crippen LogP contribution in [0.15, 0.2) is 71.8 Å². The molecule has 0 bridgehead atoms. The maximum absolute atomic E-state index is 12.3. The summed E-state index contributed by atoms with van der Waals surface area (Å²) in [6.45, 7) is 7.56. The van der Waals surface area contributed by atoms with Crippen molar-refractivity contribution < 1.29 is 9.53 Å². The van der Waals surface area contributed by atoms with Crippen LogP contribution in [0.2, 0.25) is 0 Å². The fourth-order valence-electron chi connectivity index (χ4n) is 3.41. The second kappa shape index (κ2) is 9.99. The van der Waals surface area contributed by atoms with Crippen molar-refractivity contribution in [2.24, 2.45) is 0 Å². The summed E-state index contributed by atoms with van der Waals surface area (Å²) in [6.07, 6.45) is 3.22. The van der Waals surface area contributed by atoms with Gasteiger partial charge in [-0.05, 0) is 69.8 Å². The van der Waals surface area contributed by atoms with Gasteiger partial charge in [-0.2, -0.15) is 0 Å². The molecular formula is C27H27N3O2S2. The molecule has 0 aliphatic carbocycles. The van der Waals surface area contributed by atoms with Gasteiger partial charge in [0.2, 0.25) is 0 Å². The third-order valence-electron chi connectivity index (χ3n) is 4.91. The Morgan fingerprint density at radius 3 is 2.44 bits per heavy atom. The minimum absolute atomic E-state index is 0.432. The third-order valence-corrected chi connectivity index (χ3v) is 6.80. The summed E-state index contributed by atoms with van der Waals surface area (Å²) in [7, 11) is 0. The van der Waals surface area contributed by atoms with Crippen LogP contribution in [0.4, 0.5) is 10.6 Å². The number of benzene rings is 2. The van der Waals surface area contributed by atoms with Crippen LogP contribution >= 0.6 is 23.1 Å². The van der Waals surface area contributed by atoms with Crippen molar-refractivity contribution in [3.63, 3.8) is 0 Å². The molecule has 0 saturated heterocycles. The quantitative estimate of drug-likeness (QED) is 0.289. The van der Waals surface area contributed by atoms with E-state index in [-0.39, 0.29) is 0 Å². The molecule has 0 atom stereocenters. The van der Waals surface area contributed by atoms with E-state index in [0.717, 1.165) is 32.3 Å². The molecule has 0 aliphatic rings. The van der Waals surface area contributed by atoms with Crippen LogP contribution in [-0.4, -0.2) is 27.9 Å². The Balaban J connectivity index is 1.75. The zero-order valence-electron chi connectivity index (χ0n) is 19.9. The minimum atomic E-state index is -0.585. The lowest BCUT2D eigenvalue weighted by Crippen LogP contribution is -2.27. The van der Waals surface area contributed by atoms with Crippen molar-refractivity contribution in [1.82, 2.24) is 9.97 Å². The number of aryl methyl sites for hydroxylation is 1. The number of pyridine rings is 1. The van der Waals surface area contributed by atoms with Gasteiger partial charge in [0.1, 0.15) is 16.4 Å². The van der Waals surface area contributed by atoms with E-state index in [9.17, 15) is 4.79 Å². The standard InChI is InChI=1S/C27H27N3O2S2/c1-17-7-6-8-19(15-17)23-24(34-25(30-23)18-9-11-21(33-5)12-10-18)20-13-14-28-22(16-20)29-26(31)32-27(2,3)4/h6-16H,1-5H3,(H,28,29,31). The molecule has 0 spiro atoms. The summed E-state index contributed by atoms with van der Waals surface area (Å²) < 4.78 is 5.37. The number of thiazole rings is 1. The monoisotopic (exact) mass is 489 g/mol. The van der Waals surface area contributed by atoms with Crippen molar-refractivity contribution in [1.29, 1.82) is 0 Å². The summed E-state index contributed by atoms with van der Waals surface area (Å²) in [5.74, 6) is 0.432. The lowest BCUT2D eigenvalue weighted by atomic mass is 10.1. The molecule has 4 aromatic rings. The normalized spacial score (nSPS) is 11.3. The lowest BCUT2D eigenvalue weighted by Gasteiger charge is -2.19. The first-order valence-electron chi connectivity index (χ1n) is 10.9. The molecule has 0 radical (unpaired) electrons. The highest BCUT2D eigenvalue weighted by molar-refractivity contribution is 7.98. The van der Waals surface area contributed by atoms with E-state index in [0.29, 0.717) is 5.82 Å². The number of ether oxygens (including phenoxy) is 1. The van der Waals surface area contributed by atoms with Gasteiger partial charge in [0, 0.05) is 22.2 Å². The summed E-state index contributed by atoms with van der Waals surface area (Å²) in [5.41, 5.74) is 4.55. The van der Waals surface area contributed by atoms with E-state index in [2.05, 4.69) is 65.9 Å². The van der Waals surface area contributed by atoms with Crippen LogP contribution in [0.25, 0.3) is 32.3 Å². The maximum Gasteiger partial charge on any atom is 0.413 e. The number of carbonyl (C=O) groups is 1. The largest absolute Gasteiger partial charge is 0.444 e. The molecule has 1 N–H and O–H groups in total. The Labute approximate surface area is 208 Å². The molecule has 0 unspecified atom stereocenters. The molecule has 2 aromatic heterocycles. The number of aromatic nitrogens is 2. The number of hydrogen-bond acceptors (Lipinski definition) is 6. The first-order valence-corrected chi connectivity index (χ1v) is 12.9. The average molecular weight is 490 g/mol. The van der Waals surface area contributed by atoms with E-state index < -0.39 is 11.7 Å². The molecule has 0 saturated carbocycles. The number of nitrogens with zero attached hydrogens (tertiary/aromatic N) is 2. The van der Waals surface area contributed by atoms with Gasteiger partial charge in [-0.3, -0.25) is 5.32 Å². The van der Waals surface area contributed by atoms with Crippen molar-refractivity contribution in [3.05, 3.63) is 72.4 Å². The van der Waals surface area contributed by atoms with Gasteiger partial charge in [0.25, 0.3) is 0 Å². The predicted molar refractivity (Wildman–Crippen MR) is 143 cm³/mol. The molecule has 2 aromatic carbocycles. The van der Waals surface area contributed by atoms with Gasteiger partial charge in [0.15, 0.2) is 0 Å². The van der Waals surface area contributed by atoms with Gasteiger partial charge < -0.3 is 4.74 Å². The molecule has 2 heterocycles. The van der Waals surface area contributed by atoms with Gasteiger partial charge in [-0.1, -0.05) is 35.9 Å². The zero-order valence-corrected chi connectivity index (χ0v) is 21.5. The second-order valence-corrected chi connectivity index (χ2v) is 10.7. The van der Waals surface area contributed by atoms with Gasteiger partial charge >= 0.3 is 6.09 Å². The second-order valence-electron chi connectivity index (χ2n) is 8.85. The molecule has 34 heavy (non-hydrogen) atoms. The predicted octanol–water partition coefficient (Wildman–Crippen LogP) is 7.92. The highest BCUT2D eigenvalue weighted by Gasteiger charge is 2.19. The maximum atomic E-state index is 12.3. The Morgan fingerprint density at radius 2 is 1.76 bits per heavy atom. The summed E-state index contributed by atoms with van der Waals surface area (Å²) in [4.78, 5) is 23.8. The molecule has 5 nitrogen and oxygen atoms in total. The number of carbonyl (C=O) groups excluding carboxylic acids is 1. The molecule has 174 valence electrons. The molecular weight excluding hydrogens is 462 g/mol. The Bertz CT molecular complexity index is 1310. The summed E-state index contributed by atoms with van der Waals surface area (Å²) in [5, 5.41) is 3.68. The molecule has 7 heteroatoms. The van der Waals surface area contributed by atoms with Gasteiger partial charge in [0.05, 0.1) is 10.6 Å². The van der Waals surface area contributed by atoms with Crippen LogP contribution in [0.1, 0.15) is 26.3 Å². The number of rotatable bonds is 5. The Kier molecular flexibility index (Phi) is 7.05. The summed E-state index contributed by atoms with van der Waals surface area (Å²) >= 11 is 3.35. The van der Waals surface area contributed by atoms with Gasteiger partial charge in [-0.25, -0.2) is 14.8 Å². The molecule has 0 aliphatic heterocycles. The van der Waals surface area contributed by atoms with E-state index in [1.807, 2.05) is 39.0 Å². The first kappa shape index (κ1) is 24.0. The summed E-state index contributed by atoms with van der Waals surface area (Å²) in [6, 6.07) is 20.6. The Hall–Kier alpha value is -3.16. The van der Waals surface area contributed by atoms with Crippen molar-refractivity contribution in [3.8, 4) is 32.3 Å². The smallest absolute Gasteiger partial charge is 0.413 e. The minimum Gasteiger partial charge on any atom is -0.444 e. The highest BCUT2D eigenvalue weighted by atomic mass is 32.2. The molecule has 1 amide bonds. The van der Waals surface area contributed by atoms with Crippen molar-refractivity contribution >= 4 is 35.0 Å². The van der Waals surface area contributed by atoms with Crippen LogP contribution in [0.3, 0.4) is 0 Å². The lowest BCUT2D eigenvalue weighted by molar-refractivity contribution is 0.0635. The number of anilines is 1. The topological polar surface area (TPSA) is 64.1 Å². The van der Waals surface area contributed by atoms with E-state index >= 15 is 0 Å². The number of amides is 1. The Morgan fingerprint density at radius 1 is 1.00 bits per heavy atom. The highest BCUT2D eigenvalue weighted by Crippen LogP contribution is 2.41. The third kappa shape index (κ3) is 5.85. The molecule has 0 fully saturated rings. The SMILES string of the molecule is CSc1ccc(-c2nc(-c3cccc(C)c3)c(-c3ccnc(NC(=O)OC(C)(C)C)c3)s2)cc1.